The van der Waals surface area contributed by atoms with Gasteiger partial charge in [0.1, 0.15) is 0 Å². The molecule has 21 heavy (non-hydrogen) atoms. The molecule has 1 amide bonds. The van der Waals surface area contributed by atoms with Crippen LogP contribution in [0.4, 0.5) is 11.4 Å². The number of nitrogen functional groups attached to an aromatic ring is 1. The van der Waals surface area contributed by atoms with Crippen LogP contribution in [0.1, 0.15) is 37.7 Å². The molecule has 4 fully saturated rings. The molecule has 0 saturated heterocycles. The lowest BCUT2D eigenvalue weighted by atomic mass is 9.51. The minimum absolute atomic E-state index is 0.209. The van der Waals surface area contributed by atoms with Crippen molar-refractivity contribution in [2.75, 3.05) is 11.1 Å². The summed E-state index contributed by atoms with van der Waals surface area (Å²) in [5.41, 5.74) is 8.58. The number of nitrogens with one attached hydrogen (secondary N) is 1. The molecule has 0 unspecified atom stereocenters. The van der Waals surface area contributed by atoms with Crippen LogP contribution in [-0.4, -0.2) is 5.91 Å². The van der Waals surface area contributed by atoms with Crippen LogP contribution in [0.15, 0.2) is 18.2 Å². The Morgan fingerprint density at radius 1 is 1.10 bits per heavy atom. The largest absolute Gasteiger partial charge is 0.397 e. The van der Waals surface area contributed by atoms with Crippen LogP contribution in [0.2, 0.25) is 0 Å². The monoisotopic (exact) mass is 284 g/mol. The summed E-state index contributed by atoms with van der Waals surface area (Å²) in [5, 5.41) is 3.12. The highest BCUT2D eigenvalue weighted by atomic mass is 16.1. The fraction of sp³-hybridized carbons (Fsp3) is 0.611. The number of carbonyl (C=O) groups is 1. The second kappa shape index (κ2) is 4.75. The van der Waals surface area contributed by atoms with Gasteiger partial charge in [-0.3, -0.25) is 4.79 Å². The molecule has 5 rings (SSSR count). The van der Waals surface area contributed by atoms with E-state index in [0.717, 1.165) is 23.1 Å². The van der Waals surface area contributed by atoms with E-state index in [1.165, 1.54) is 32.1 Å². The van der Waals surface area contributed by atoms with Gasteiger partial charge in [0.05, 0.1) is 11.4 Å². The first kappa shape index (κ1) is 13.2. The topological polar surface area (TPSA) is 55.1 Å². The van der Waals surface area contributed by atoms with E-state index in [2.05, 4.69) is 5.32 Å². The highest BCUT2D eigenvalue weighted by Crippen LogP contribution is 2.56. The van der Waals surface area contributed by atoms with E-state index in [0.29, 0.717) is 17.5 Å². The molecule has 3 nitrogen and oxygen atoms in total. The number of benzene rings is 1. The lowest BCUT2D eigenvalue weighted by Crippen LogP contribution is -2.49. The van der Waals surface area contributed by atoms with E-state index in [9.17, 15) is 4.79 Å². The van der Waals surface area contributed by atoms with E-state index in [1.807, 2.05) is 25.1 Å². The molecule has 0 aromatic heterocycles. The minimum Gasteiger partial charge on any atom is -0.397 e. The van der Waals surface area contributed by atoms with Crippen molar-refractivity contribution in [1.29, 1.82) is 0 Å². The zero-order valence-corrected chi connectivity index (χ0v) is 12.6. The molecule has 1 aromatic carbocycles. The summed E-state index contributed by atoms with van der Waals surface area (Å²) < 4.78 is 0. The Kier molecular flexibility index (Phi) is 2.98. The van der Waals surface area contributed by atoms with Gasteiger partial charge in [-0.2, -0.15) is 0 Å². The van der Waals surface area contributed by atoms with Gasteiger partial charge >= 0.3 is 0 Å². The maximum Gasteiger partial charge on any atom is 0.228 e. The Hall–Kier alpha value is -1.51. The predicted octanol–water partition coefficient (Wildman–Crippen LogP) is 3.59. The molecule has 4 aliphatic rings. The van der Waals surface area contributed by atoms with E-state index >= 15 is 0 Å². The normalized spacial score (nSPS) is 36.7. The van der Waals surface area contributed by atoms with Crippen LogP contribution in [0.25, 0.3) is 0 Å². The molecule has 4 bridgehead atoms. The molecular formula is C18H24N2O. The van der Waals surface area contributed by atoms with Gasteiger partial charge in [0.2, 0.25) is 5.91 Å². The van der Waals surface area contributed by atoms with Crippen LogP contribution in [0.3, 0.4) is 0 Å². The Labute approximate surface area is 126 Å². The quantitative estimate of drug-likeness (QED) is 0.815. The number of rotatable bonds is 2. The summed E-state index contributed by atoms with van der Waals surface area (Å²) in [4.78, 5) is 12.8. The second-order valence-corrected chi connectivity index (χ2v) is 7.54. The average molecular weight is 284 g/mol. The highest BCUT2D eigenvalue weighted by Gasteiger charge is 2.50. The molecule has 4 aliphatic carbocycles. The number of aryl methyl sites for hydroxylation is 1. The van der Waals surface area contributed by atoms with Crippen molar-refractivity contribution >= 4 is 17.3 Å². The molecule has 0 heterocycles. The Morgan fingerprint density at radius 2 is 1.71 bits per heavy atom. The summed E-state index contributed by atoms with van der Waals surface area (Å²) >= 11 is 0. The molecule has 4 saturated carbocycles. The minimum atomic E-state index is 0.209. The van der Waals surface area contributed by atoms with Crippen LogP contribution < -0.4 is 11.1 Å². The zero-order valence-electron chi connectivity index (χ0n) is 12.6. The van der Waals surface area contributed by atoms with E-state index < -0.39 is 0 Å². The third-order valence-corrected chi connectivity index (χ3v) is 6.00. The maximum atomic E-state index is 12.8. The molecule has 0 radical (unpaired) electrons. The van der Waals surface area contributed by atoms with Gasteiger partial charge in [-0.1, -0.05) is 6.07 Å². The van der Waals surface area contributed by atoms with Gasteiger partial charge in [-0.25, -0.2) is 0 Å². The number of nitrogens with two attached hydrogens (primary N) is 1. The van der Waals surface area contributed by atoms with Crippen molar-refractivity contribution in [3.05, 3.63) is 23.8 Å². The standard InChI is InChI=1S/C18H24N2O/c1-10-2-3-15(19)16(4-10)20-18(21)17-13-6-11-5-12(8-13)9-14(17)7-11/h2-4,11-14,17H,5-9,19H2,1H3,(H,20,21). The van der Waals surface area contributed by atoms with Crippen LogP contribution in [0, 0.1) is 36.5 Å². The van der Waals surface area contributed by atoms with Gasteiger partial charge in [0, 0.05) is 5.92 Å². The summed E-state index contributed by atoms with van der Waals surface area (Å²) in [6.07, 6.45) is 6.51. The fourth-order valence-electron chi connectivity index (χ4n) is 5.35. The van der Waals surface area contributed by atoms with E-state index in [-0.39, 0.29) is 11.8 Å². The summed E-state index contributed by atoms with van der Waals surface area (Å²) in [6, 6.07) is 5.83. The third kappa shape index (κ3) is 2.23. The molecule has 1 aromatic rings. The molecule has 0 spiro atoms. The summed E-state index contributed by atoms with van der Waals surface area (Å²) in [7, 11) is 0. The van der Waals surface area contributed by atoms with Crippen molar-refractivity contribution in [1.82, 2.24) is 0 Å². The first-order chi connectivity index (χ1) is 10.1. The van der Waals surface area contributed by atoms with Gasteiger partial charge in [-0.05, 0) is 80.4 Å². The van der Waals surface area contributed by atoms with Crippen molar-refractivity contribution in [2.24, 2.45) is 29.6 Å². The average Bonchev–Trinajstić information content (AvgIpc) is 2.41. The summed E-state index contributed by atoms with van der Waals surface area (Å²) in [6.45, 7) is 2.03. The Balaban J connectivity index is 1.54. The lowest BCUT2D eigenvalue weighted by Gasteiger charge is -2.53. The number of amides is 1. The molecule has 3 N–H and O–H groups in total. The Morgan fingerprint density at radius 3 is 2.33 bits per heavy atom. The molecule has 0 aliphatic heterocycles. The maximum absolute atomic E-state index is 12.8. The number of carbonyl (C=O) groups excluding carboxylic acids is 1. The van der Waals surface area contributed by atoms with E-state index in [4.69, 9.17) is 5.73 Å². The van der Waals surface area contributed by atoms with Gasteiger partial charge < -0.3 is 11.1 Å². The van der Waals surface area contributed by atoms with E-state index in [1.54, 1.807) is 0 Å². The smallest absolute Gasteiger partial charge is 0.228 e. The van der Waals surface area contributed by atoms with Crippen molar-refractivity contribution in [3.8, 4) is 0 Å². The zero-order chi connectivity index (χ0) is 14.6. The molecule has 0 atom stereocenters. The second-order valence-electron chi connectivity index (χ2n) is 7.54. The van der Waals surface area contributed by atoms with Crippen molar-refractivity contribution in [3.63, 3.8) is 0 Å². The van der Waals surface area contributed by atoms with Gasteiger partial charge in [-0.15, -0.1) is 0 Å². The first-order valence-corrected chi connectivity index (χ1v) is 8.27. The van der Waals surface area contributed by atoms with Crippen LogP contribution >= 0.6 is 0 Å². The fourth-order valence-corrected chi connectivity index (χ4v) is 5.35. The van der Waals surface area contributed by atoms with Crippen LogP contribution in [-0.2, 0) is 4.79 Å². The molecule has 3 heteroatoms. The number of hydrogen-bond acceptors (Lipinski definition) is 2. The third-order valence-electron chi connectivity index (χ3n) is 6.00. The first-order valence-electron chi connectivity index (χ1n) is 8.27. The number of hydrogen-bond donors (Lipinski definition) is 2. The molecule has 112 valence electrons. The lowest BCUT2D eigenvalue weighted by molar-refractivity contribution is -0.132. The van der Waals surface area contributed by atoms with Crippen LogP contribution in [0.5, 0.6) is 0 Å². The molecular weight excluding hydrogens is 260 g/mol. The van der Waals surface area contributed by atoms with Gasteiger partial charge in [0.15, 0.2) is 0 Å². The number of anilines is 2. The highest BCUT2D eigenvalue weighted by molar-refractivity contribution is 5.96. The van der Waals surface area contributed by atoms with Crippen molar-refractivity contribution < 1.29 is 4.79 Å². The summed E-state index contributed by atoms with van der Waals surface area (Å²) in [5.74, 6) is 3.47. The van der Waals surface area contributed by atoms with Crippen molar-refractivity contribution in [2.45, 2.75) is 39.0 Å². The predicted molar refractivity (Wildman–Crippen MR) is 84.8 cm³/mol. The SMILES string of the molecule is Cc1ccc(N)c(NC(=O)C2C3CC4CC(C3)CC2C4)c1. The van der Waals surface area contributed by atoms with Gasteiger partial charge in [0.25, 0.3) is 0 Å². The Bertz CT molecular complexity index is 553.